The van der Waals surface area contributed by atoms with Crippen LogP contribution in [0.3, 0.4) is 0 Å². The molecule has 0 bridgehead atoms. The highest BCUT2D eigenvalue weighted by Crippen LogP contribution is 2.09. The third-order valence-corrected chi connectivity index (χ3v) is 1.92. The van der Waals surface area contributed by atoms with E-state index in [1.807, 2.05) is 0 Å². The minimum absolute atomic E-state index is 0.0634. The summed E-state index contributed by atoms with van der Waals surface area (Å²) in [5.74, 6) is -1.01. The maximum Gasteiger partial charge on any atom is 0.259 e. The third kappa shape index (κ3) is 1.64. The molecule has 1 aliphatic heterocycles. The molecule has 5 heteroatoms. The van der Waals surface area contributed by atoms with E-state index in [4.69, 9.17) is 11.6 Å². The van der Waals surface area contributed by atoms with Gasteiger partial charge in [-0.2, -0.15) is 4.99 Å². The Morgan fingerprint density at radius 1 is 1.58 bits per heavy atom. The molecule has 1 unspecified atom stereocenters. The van der Waals surface area contributed by atoms with E-state index in [0.29, 0.717) is 6.42 Å². The Kier molecular flexibility index (Phi) is 2.81. The lowest BCUT2D eigenvalue weighted by Gasteiger charge is -2.17. The number of halogens is 1. The van der Waals surface area contributed by atoms with Gasteiger partial charge in [0.15, 0.2) is 0 Å². The molecule has 0 spiro atoms. The zero-order valence-electron chi connectivity index (χ0n) is 6.63. The Labute approximate surface area is 75.0 Å². The van der Waals surface area contributed by atoms with Crippen LogP contribution in [0.4, 0.5) is 0 Å². The Hall–Kier alpha value is -0.900. The van der Waals surface area contributed by atoms with E-state index in [-0.39, 0.29) is 17.6 Å². The molecule has 0 aliphatic carbocycles. The van der Waals surface area contributed by atoms with Crippen molar-refractivity contribution in [1.29, 1.82) is 0 Å². The van der Waals surface area contributed by atoms with Crippen molar-refractivity contribution in [3.63, 3.8) is 0 Å². The predicted molar refractivity (Wildman–Crippen MR) is 45.1 cm³/mol. The zero-order valence-corrected chi connectivity index (χ0v) is 7.39. The standard InChI is InChI=1S/C7H9ClN2O2/c1-2-4-6(11)9-5(3-8)10-7(4)12/h4H,2-3H2,1H3,(H,9,10,11,12). The normalized spacial score (nSPS) is 23.5. The van der Waals surface area contributed by atoms with E-state index in [0.717, 1.165) is 0 Å². The van der Waals surface area contributed by atoms with Gasteiger partial charge < -0.3 is 5.32 Å². The molecule has 0 fully saturated rings. The molecule has 1 atom stereocenters. The van der Waals surface area contributed by atoms with Crippen molar-refractivity contribution in [2.75, 3.05) is 5.88 Å². The summed E-state index contributed by atoms with van der Waals surface area (Å²) in [6.07, 6.45) is 0.476. The van der Waals surface area contributed by atoms with Crippen molar-refractivity contribution in [2.24, 2.45) is 10.9 Å². The highest BCUT2D eigenvalue weighted by Gasteiger charge is 2.29. The van der Waals surface area contributed by atoms with Gasteiger partial charge in [0.05, 0.1) is 5.88 Å². The van der Waals surface area contributed by atoms with Crippen LogP contribution in [0.15, 0.2) is 4.99 Å². The van der Waals surface area contributed by atoms with Crippen LogP contribution >= 0.6 is 11.6 Å². The van der Waals surface area contributed by atoms with Crippen LogP contribution in [0, 0.1) is 5.92 Å². The van der Waals surface area contributed by atoms with Gasteiger partial charge in [0.25, 0.3) is 5.91 Å². The van der Waals surface area contributed by atoms with Crippen LogP contribution < -0.4 is 5.32 Å². The first-order valence-electron chi connectivity index (χ1n) is 3.67. The molecule has 2 amide bonds. The van der Waals surface area contributed by atoms with Gasteiger partial charge in [0.2, 0.25) is 5.91 Å². The smallest absolute Gasteiger partial charge is 0.259 e. The third-order valence-electron chi connectivity index (χ3n) is 1.66. The van der Waals surface area contributed by atoms with Gasteiger partial charge in [-0.3, -0.25) is 9.59 Å². The number of alkyl halides is 1. The minimum Gasteiger partial charge on any atom is -0.312 e. The van der Waals surface area contributed by atoms with Crippen LogP contribution in [0.1, 0.15) is 13.3 Å². The molecule has 1 N–H and O–H groups in total. The van der Waals surface area contributed by atoms with Crippen LogP contribution in [-0.4, -0.2) is 23.5 Å². The molecule has 0 saturated heterocycles. The van der Waals surface area contributed by atoms with Crippen molar-refractivity contribution < 1.29 is 9.59 Å². The maximum absolute atomic E-state index is 11.1. The monoisotopic (exact) mass is 188 g/mol. The van der Waals surface area contributed by atoms with Crippen molar-refractivity contribution in [3.05, 3.63) is 0 Å². The summed E-state index contributed by atoms with van der Waals surface area (Å²) >= 11 is 5.40. The molecule has 4 nitrogen and oxygen atoms in total. The summed E-state index contributed by atoms with van der Waals surface area (Å²) in [5, 5.41) is 2.46. The molecule has 0 aromatic carbocycles. The van der Waals surface area contributed by atoms with Crippen molar-refractivity contribution >= 4 is 29.3 Å². The maximum atomic E-state index is 11.1. The number of carbonyl (C=O) groups is 2. The molecule has 0 aromatic heterocycles. The van der Waals surface area contributed by atoms with Crippen LogP contribution in [-0.2, 0) is 9.59 Å². The van der Waals surface area contributed by atoms with Crippen LogP contribution in [0.5, 0.6) is 0 Å². The van der Waals surface area contributed by atoms with Gasteiger partial charge in [-0.25, -0.2) is 0 Å². The van der Waals surface area contributed by atoms with E-state index in [1.54, 1.807) is 6.92 Å². The lowest BCUT2D eigenvalue weighted by molar-refractivity contribution is -0.133. The number of rotatable bonds is 2. The summed E-state index contributed by atoms with van der Waals surface area (Å²) in [7, 11) is 0. The van der Waals surface area contributed by atoms with E-state index in [2.05, 4.69) is 10.3 Å². The van der Waals surface area contributed by atoms with Crippen LogP contribution in [0.25, 0.3) is 0 Å². The van der Waals surface area contributed by atoms with Gasteiger partial charge in [-0.05, 0) is 6.42 Å². The van der Waals surface area contributed by atoms with Crippen LogP contribution in [0.2, 0.25) is 0 Å². The van der Waals surface area contributed by atoms with Gasteiger partial charge in [-0.15, -0.1) is 11.6 Å². The Balaban J connectivity index is 2.83. The van der Waals surface area contributed by atoms with E-state index in [9.17, 15) is 9.59 Å². The fourth-order valence-electron chi connectivity index (χ4n) is 1.00. The highest BCUT2D eigenvalue weighted by molar-refractivity contribution is 6.32. The first-order valence-corrected chi connectivity index (χ1v) is 4.20. The number of amides is 2. The molecule has 0 saturated carbocycles. The van der Waals surface area contributed by atoms with Gasteiger partial charge in [0, 0.05) is 0 Å². The fourth-order valence-corrected chi connectivity index (χ4v) is 1.13. The Morgan fingerprint density at radius 3 is 2.67 bits per heavy atom. The number of amidine groups is 1. The topological polar surface area (TPSA) is 58.5 Å². The Morgan fingerprint density at radius 2 is 2.25 bits per heavy atom. The summed E-state index contributed by atoms with van der Waals surface area (Å²) in [5.41, 5.74) is 0. The molecule has 66 valence electrons. The fraction of sp³-hybridized carbons (Fsp3) is 0.571. The van der Waals surface area contributed by atoms with Crippen molar-refractivity contribution in [1.82, 2.24) is 5.32 Å². The molecule has 0 aromatic rings. The molecule has 1 heterocycles. The summed E-state index contributed by atoms with van der Waals surface area (Å²) in [6, 6.07) is 0. The van der Waals surface area contributed by atoms with Gasteiger partial charge >= 0.3 is 0 Å². The van der Waals surface area contributed by atoms with Gasteiger partial charge in [0.1, 0.15) is 11.8 Å². The van der Waals surface area contributed by atoms with E-state index in [1.165, 1.54) is 0 Å². The quantitative estimate of drug-likeness (QED) is 0.501. The highest BCUT2D eigenvalue weighted by atomic mass is 35.5. The van der Waals surface area contributed by atoms with Crippen molar-refractivity contribution in [2.45, 2.75) is 13.3 Å². The average Bonchev–Trinajstić information content (AvgIpc) is 2.03. The number of nitrogens with one attached hydrogen (secondary N) is 1. The molecular weight excluding hydrogens is 180 g/mol. The SMILES string of the molecule is CCC1C(=O)N=C(CCl)NC1=O. The first-order chi connectivity index (χ1) is 5.69. The second-order valence-corrected chi connectivity index (χ2v) is 2.75. The molecule has 0 radical (unpaired) electrons. The first kappa shape index (κ1) is 9.19. The zero-order chi connectivity index (χ0) is 9.14. The summed E-state index contributed by atoms with van der Waals surface area (Å²) in [4.78, 5) is 25.8. The van der Waals surface area contributed by atoms with Crippen molar-refractivity contribution in [3.8, 4) is 0 Å². The lowest BCUT2D eigenvalue weighted by atomic mass is 10.0. The number of hydrogen-bond donors (Lipinski definition) is 1. The second kappa shape index (κ2) is 3.67. The second-order valence-electron chi connectivity index (χ2n) is 2.48. The molecule has 12 heavy (non-hydrogen) atoms. The van der Waals surface area contributed by atoms with E-state index < -0.39 is 11.8 Å². The summed E-state index contributed by atoms with van der Waals surface area (Å²) < 4.78 is 0. The average molecular weight is 189 g/mol. The number of aliphatic imine (C=N–C) groups is 1. The van der Waals surface area contributed by atoms with E-state index >= 15 is 0 Å². The Bertz CT molecular complexity index is 250. The number of carbonyl (C=O) groups excluding carboxylic acids is 2. The van der Waals surface area contributed by atoms with Gasteiger partial charge in [-0.1, -0.05) is 6.92 Å². The molecule has 1 aliphatic rings. The lowest BCUT2D eigenvalue weighted by Crippen LogP contribution is -2.44. The molecular formula is C7H9ClN2O2. The number of hydrogen-bond acceptors (Lipinski definition) is 2. The predicted octanol–water partition coefficient (Wildman–Crippen LogP) is 0.306. The number of nitrogens with zero attached hydrogens (tertiary/aromatic N) is 1. The largest absolute Gasteiger partial charge is 0.312 e. The summed E-state index contributed by atoms with van der Waals surface area (Å²) in [6.45, 7) is 1.77. The minimum atomic E-state index is -0.628. The molecule has 1 rings (SSSR count).